The van der Waals surface area contributed by atoms with Crippen LogP contribution in [0.5, 0.6) is 0 Å². The maximum atomic E-state index is 13.2. The third kappa shape index (κ3) is 2.38. The average molecular weight is 354 g/mol. The maximum absolute atomic E-state index is 13.2. The lowest BCUT2D eigenvalue weighted by molar-refractivity contribution is -0.187. The number of hydrogen-bond donors (Lipinski definition) is 0. The molecule has 26 heavy (non-hydrogen) atoms. The molecule has 0 radical (unpaired) electrons. The number of ether oxygens (including phenoxy) is 2. The van der Waals surface area contributed by atoms with Crippen molar-refractivity contribution in [2.75, 3.05) is 32.8 Å². The number of likely N-dealkylation sites (tertiary alicyclic amines) is 1. The van der Waals surface area contributed by atoms with E-state index in [0.29, 0.717) is 45.7 Å². The van der Waals surface area contributed by atoms with E-state index in [0.717, 1.165) is 16.7 Å². The molecule has 0 aromatic heterocycles. The quantitative estimate of drug-likeness (QED) is 0.775. The topological polar surface area (TPSA) is 66.7 Å². The van der Waals surface area contributed by atoms with Crippen LogP contribution in [0.2, 0.25) is 0 Å². The molecule has 4 aliphatic rings. The molecule has 1 amide bonds. The van der Waals surface area contributed by atoms with Gasteiger partial charge in [-0.05, 0) is 16.7 Å². The van der Waals surface area contributed by atoms with Gasteiger partial charge in [0, 0.05) is 25.9 Å². The van der Waals surface area contributed by atoms with Gasteiger partial charge in [0.05, 0.1) is 19.8 Å². The fourth-order valence-corrected chi connectivity index (χ4v) is 4.45. The van der Waals surface area contributed by atoms with E-state index >= 15 is 0 Å². The summed E-state index contributed by atoms with van der Waals surface area (Å²) in [5.74, 6) is -0.439. The Labute approximate surface area is 152 Å². The second kappa shape index (κ2) is 5.89. The van der Waals surface area contributed by atoms with E-state index in [1.54, 1.807) is 0 Å². The third-order valence-electron chi connectivity index (χ3n) is 5.83. The molecule has 0 N–H and O–H groups in total. The van der Waals surface area contributed by atoms with E-state index < -0.39 is 11.8 Å². The van der Waals surface area contributed by atoms with Crippen molar-refractivity contribution in [3.63, 3.8) is 0 Å². The maximum Gasteiger partial charge on any atom is 0.251 e. The van der Waals surface area contributed by atoms with Crippen molar-refractivity contribution >= 4 is 11.5 Å². The van der Waals surface area contributed by atoms with E-state index in [9.17, 15) is 4.79 Å². The summed E-state index contributed by atoms with van der Waals surface area (Å²) in [6.45, 7) is 7.31. The van der Waals surface area contributed by atoms with Crippen LogP contribution in [0.4, 0.5) is 0 Å². The van der Waals surface area contributed by atoms with Crippen LogP contribution in [0.25, 0.3) is 5.57 Å². The molecule has 0 aliphatic carbocycles. The van der Waals surface area contributed by atoms with Gasteiger partial charge in [0.15, 0.2) is 11.8 Å². The van der Waals surface area contributed by atoms with Crippen LogP contribution in [0, 0.1) is 0 Å². The van der Waals surface area contributed by atoms with Gasteiger partial charge in [-0.3, -0.25) is 9.80 Å². The molecule has 1 aromatic rings. The van der Waals surface area contributed by atoms with Crippen LogP contribution in [0.15, 0.2) is 41.2 Å². The number of carbonyl (C=O) groups excluding carboxylic acids is 1. The first-order valence-corrected chi connectivity index (χ1v) is 9.18. The van der Waals surface area contributed by atoms with Crippen LogP contribution in [0.1, 0.15) is 30.0 Å². The standard InChI is InChI=1S/C19H22N4O3/c1-13-12-23-17(15-5-3-2-4-14(13)15)16(20-21-23)18(24)22-8-6-19(7-9-22)25-10-11-26-19/h2-5,16-17H,1,6-12H2/t16-,17+/m0/s1. The van der Waals surface area contributed by atoms with E-state index in [-0.39, 0.29) is 11.9 Å². The molecule has 2 saturated heterocycles. The van der Waals surface area contributed by atoms with Gasteiger partial charge >= 0.3 is 0 Å². The van der Waals surface area contributed by atoms with Crippen molar-refractivity contribution in [3.8, 4) is 0 Å². The highest BCUT2D eigenvalue weighted by atomic mass is 16.7. The number of hydrogen-bond acceptors (Lipinski definition) is 6. The van der Waals surface area contributed by atoms with E-state index in [4.69, 9.17) is 9.47 Å². The Kier molecular flexibility index (Phi) is 3.62. The summed E-state index contributed by atoms with van der Waals surface area (Å²) in [4.78, 5) is 15.1. The molecule has 2 fully saturated rings. The van der Waals surface area contributed by atoms with Gasteiger partial charge in [0.25, 0.3) is 5.91 Å². The van der Waals surface area contributed by atoms with Crippen molar-refractivity contribution in [2.45, 2.75) is 30.7 Å². The molecule has 136 valence electrons. The van der Waals surface area contributed by atoms with Crippen molar-refractivity contribution < 1.29 is 14.3 Å². The minimum absolute atomic E-state index is 0.0383. The summed E-state index contributed by atoms with van der Waals surface area (Å²) in [7, 11) is 0. The van der Waals surface area contributed by atoms with Crippen molar-refractivity contribution in [1.29, 1.82) is 0 Å². The minimum Gasteiger partial charge on any atom is -0.347 e. The Morgan fingerprint density at radius 1 is 1.19 bits per heavy atom. The van der Waals surface area contributed by atoms with Gasteiger partial charge in [0.1, 0.15) is 6.04 Å². The minimum atomic E-state index is -0.497. The summed E-state index contributed by atoms with van der Waals surface area (Å²) >= 11 is 0. The number of benzene rings is 1. The van der Waals surface area contributed by atoms with Crippen LogP contribution in [0.3, 0.4) is 0 Å². The number of amides is 1. The second-order valence-corrected chi connectivity index (χ2v) is 7.32. The zero-order valence-electron chi connectivity index (χ0n) is 14.6. The molecule has 2 atom stereocenters. The Morgan fingerprint density at radius 2 is 1.92 bits per heavy atom. The molecule has 7 heteroatoms. The van der Waals surface area contributed by atoms with Gasteiger partial charge in [-0.15, -0.1) is 0 Å². The van der Waals surface area contributed by atoms with E-state index in [2.05, 4.69) is 29.0 Å². The van der Waals surface area contributed by atoms with Gasteiger partial charge in [0.2, 0.25) is 0 Å². The predicted octanol–water partition coefficient (Wildman–Crippen LogP) is 2.17. The molecule has 5 rings (SSSR count). The van der Waals surface area contributed by atoms with Gasteiger partial charge in [-0.2, -0.15) is 5.11 Å². The Hall–Kier alpha value is -2.25. The summed E-state index contributed by atoms with van der Waals surface area (Å²) in [5.41, 5.74) is 3.21. The number of carbonyl (C=O) groups is 1. The highest BCUT2D eigenvalue weighted by Gasteiger charge is 2.47. The normalized spacial score (nSPS) is 29.2. The number of rotatable bonds is 1. The van der Waals surface area contributed by atoms with Crippen LogP contribution >= 0.6 is 0 Å². The van der Waals surface area contributed by atoms with Crippen LogP contribution in [-0.4, -0.2) is 60.5 Å². The van der Waals surface area contributed by atoms with Crippen LogP contribution in [-0.2, 0) is 14.3 Å². The fraction of sp³-hybridized carbons (Fsp3) is 0.526. The number of fused-ring (bicyclic) bond motifs is 3. The smallest absolute Gasteiger partial charge is 0.251 e. The first-order valence-electron chi connectivity index (χ1n) is 9.18. The molecule has 0 saturated carbocycles. The van der Waals surface area contributed by atoms with Crippen molar-refractivity contribution in [3.05, 3.63) is 42.0 Å². The highest BCUT2D eigenvalue weighted by molar-refractivity contribution is 5.84. The number of nitrogens with zero attached hydrogens (tertiary/aromatic N) is 4. The Bertz CT molecular complexity index is 777. The Balaban J connectivity index is 1.36. The lowest BCUT2D eigenvalue weighted by Gasteiger charge is -2.39. The molecule has 1 spiro atoms. The van der Waals surface area contributed by atoms with Crippen molar-refractivity contribution in [2.24, 2.45) is 10.3 Å². The van der Waals surface area contributed by atoms with Gasteiger partial charge in [-0.1, -0.05) is 36.1 Å². The van der Waals surface area contributed by atoms with E-state index in [1.807, 2.05) is 22.0 Å². The highest BCUT2D eigenvalue weighted by Crippen LogP contribution is 2.42. The number of piperidine rings is 1. The molecule has 4 aliphatic heterocycles. The molecular weight excluding hydrogens is 332 g/mol. The largest absolute Gasteiger partial charge is 0.347 e. The summed E-state index contributed by atoms with van der Waals surface area (Å²) in [5, 5.41) is 10.5. The molecule has 7 nitrogen and oxygen atoms in total. The van der Waals surface area contributed by atoms with Crippen LogP contribution < -0.4 is 0 Å². The van der Waals surface area contributed by atoms with Gasteiger partial charge < -0.3 is 14.4 Å². The summed E-state index contributed by atoms with van der Waals surface area (Å²) in [6, 6.07) is 7.48. The SMILES string of the molecule is C=C1CN2N=N[C@H](C(=O)N3CCC4(CC3)OCCO4)[C@H]2c2ccccc21. The predicted molar refractivity (Wildman–Crippen MR) is 94.0 cm³/mol. The molecular formula is C19H22N4O3. The zero-order chi connectivity index (χ0) is 17.7. The monoisotopic (exact) mass is 354 g/mol. The molecule has 4 heterocycles. The second-order valence-electron chi connectivity index (χ2n) is 7.32. The van der Waals surface area contributed by atoms with Gasteiger partial charge in [-0.25, -0.2) is 0 Å². The lowest BCUT2D eigenvalue weighted by Crippen LogP contribution is -2.51. The van der Waals surface area contributed by atoms with Crippen molar-refractivity contribution in [1.82, 2.24) is 9.91 Å². The lowest BCUT2D eigenvalue weighted by atomic mass is 9.87. The van der Waals surface area contributed by atoms with E-state index in [1.165, 1.54) is 0 Å². The fourth-order valence-electron chi connectivity index (χ4n) is 4.45. The Morgan fingerprint density at radius 3 is 2.69 bits per heavy atom. The summed E-state index contributed by atoms with van der Waals surface area (Å²) in [6.07, 6.45) is 1.43. The first-order chi connectivity index (χ1) is 12.7. The molecule has 0 bridgehead atoms. The third-order valence-corrected chi connectivity index (χ3v) is 5.83. The zero-order valence-corrected chi connectivity index (χ0v) is 14.6. The summed E-state index contributed by atoms with van der Waals surface area (Å²) < 4.78 is 11.5. The average Bonchev–Trinajstić information content (AvgIpc) is 3.29. The molecule has 1 aromatic carbocycles. The first kappa shape index (κ1) is 16.0. The molecule has 0 unspecified atom stereocenters.